The number of hydrogen-bond acceptors (Lipinski definition) is 2. The molecule has 0 aliphatic carbocycles. The van der Waals surface area contributed by atoms with Gasteiger partial charge in [-0.05, 0) is 29.7 Å². The summed E-state index contributed by atoms with van der Waals surface area (Å²) in [5, 5.41) is 11.9. The molecule has 0 aliphatic rings. The standard InChI is InChI=1S/C18H21FN2O2/c1-14-7-8-16(11-17(14)19)12-20-18(23)21(9-10-22)13-15-5-3-2-4-6-15/h2-8,11,22H,9-10,12-13H2,1H3,(H,20,23). The molecular formula is C18H21FN2O2. The quantitative estimate of drug-likeness (QED) is 0.861. The van der Waals surface area contributed by atoms with Crippen LogP contribution in [0.1, 0.15) is 16.7 Å². The van der Waals surface area contributed by atoms with Crippen molar-refractivity contribution < 1.29 is 14.3 Å². The Balaban J connectivity index is 1.96. The van der Waals surface area contributed by atoms with Gasteiger partial charge in [0.15, 0.2) is 0 Å². The Bertz CT molecular complexity index is 647. The average molecular weight is 316 g/mol. The molecule has 2 N–H and O–H groups in total. The van der Waals surface area contributed by atoms with Gasteiger partial charge in [-0.2, -0.15) is 0 Å². The van der Waals surface area contributed by atoms with Crippen LogP contribution in [0, 0.1) is 12.7 Å². The third-order valence-corrected chi connectivity index (χ3v) is 3.55. The van der Waals surface area contributed by atoms with Crippen LogP contribution < -0.4 is 5.32 Å². The number of urea groups is 1. The summed E-state index contributed by atoms with van der Waals surface area (Å²) in [7, 11) is 0. The number of carbonyl (C=O) groups excluding carboxylic acids is 1. The van der Waals surface area contributed by atoms with E-state index in [4.69, 9.17) is 5.11 Å². The number of rotatable bonds is 6. The zero-order chi connectivity index (χ0) is 16.7. The summed E-state index contributed by atoms with van der Waals surface area (Å²) in [5.74, 6) is -0.284. The van der Waals surface area contributed by atoms with Gasteiger partial charge in [0, 0.05) is 19.6 Å². The fraction of sp³-hybridized carbons (Fsp3) is 0.278. The Morgan fingerprint density at radius 2 is 1.91 bits per heavy atom. The fourth-order valence-corrected chi connectivity index (χ4v) is 2.21. The zero-order valence-electron chi connectivity index (χ0n) is 13.1. The molecule has 0 saturated carbocycles. The molecule has 0 saturated heterocycles. The molecule has 0 heterocycles. The first-order chi connectivity index (χ1) is 11.1. The minimum atomic E-state index is -0.288. The molecule has 2 rings (SSSR count). The lowest BCUT2D eigenvalue weighted by molar-refractivity contribution is 0.173. The highest BCUT2D eigenvalue weighted by Gasteiger charge is 2.13. The normalized spacial score (nSPS) is 10.4. The number of nitrogens with zero attached hydrogens (tertiary/aromatic N) is 1. The van der Waals surface area contributed by atoms with E-state index in [1.54, 1.807) is 19.1 Å². The van der Waals surface area contributed by atoms with Crippen molar-refractivity contribution in [3.8, 4) is 0 Å². The highest BCUT2D eigenvalue weighted by Crippen LogP contribution is 2.09. The maximum Gasteiger partial charge on any atom is 0.318 e. The Morgan fingerprint density at radius 3 is 2.57 bits per heavy atom. The van der Waals surface area contributed by atoms with Gasteiger partial charge in [0.25, 0.3) is 0 Å². The Labute approximate surface area is 135 Å². The van der Waals surface area contributed by atoms with Crippen LogP contribution in [0.5, 0.6) is 0 Å². The van der Waals surface area contributed by atoms with Gasteiger partial charge in [0.2, 0.25) is 0 Å². The van der Waals surface area contributed by atoms with Crippen LogP contribution in [0.4, 0.5) is 9.18 Å². The van der Waals surface area contributed by atoms with Crippen LogP contribution in [0.2, 0.25) is 0 Å². The van der Waals surface area contributed by atoms with Crippen molar-refractivity contribution in [3.05, 3.63) is 71.0 Å². The molecule has 0 bridgehead atoms. The average Bonchev–Trinajstić information content (AvgIpc) is 2.56. The van der Waals surface area contributed by atoms with Gasteiger partial charge < -0.3 is 15.3 Å². The number of amides is 2. The molecule has 5 heteroatoms. The second-order valence-electron chi connectivity index (χ2n) is 5.37. The number of nitrogens with one attached hydrogen (secondary N) is 1. The molecule has 4 nitrogen and oxygen atoms in total. The van der Waals surface area contributed by atoms with Crippen molar-refractivity contribution in [2.75, 3.05) is 13.2 Å². The first-order valence-corrected chi connectivity index (χ1v) is 7.52. The molecule has 2 aromatic carbocycles. The summed E-state index contributed by atoms with van der Waals surface area (Å²) in [6.45, 7) is 2.48. The van der Waals surface area contributed by atoms with Gasteiger partial charge in [-0.15, -0.1) is 0 Å². The molecule has 0 fully saturated rings. The maximum absolute atomic E-state index is 13.5. The lowest BCUT2D eigenvalue weighted by atomic mass is 10.1. The summed E-state index contributed by atoms with van der Waals surface area (Å²) >= 11 is 0. The van der Waals surface area contributed by atoms with Gasteiger partial charge in [-0.1, -0.05) is 42.5 Å². The number of aliphatic hydroxyl groups excluding tert-OH is 1. The van der Waals surface area contributed by atoms with E-state index in [0.29, 0.717) is 17.7 Å². The highest BCUT2D eigenvalue weighted by atomic mass is 19.1. The molecule has 0 radical (unpaired) electrons. The van der Waals surface area contributed by atoms with E-state index < -0.39 is 0 Å². The number of hydrogen-bond donors (Lipinski definition) is 2. The van der Waals surface area contributed by atoms with E-state index in [1.807, 2.05) is 30.3 Å². The Hall–Kier alpha value is -2.40. The first kappa shape index (κ1) is 17.0. The first-order valence-electron chi connectivity index (χ1n) is 7.52. The smallest absolute Gasteiger partial charge is 0.318 e. The van der Waals surface area contributed by atoms with E-state index in [1.165, 1.54) is 11.0 Å². The van der Waals surface area contributed by atoms with Crippen LogP contribution in [-0.4, -0.2) is 29.2 Å². The minimum Gasteiger partial charge on any atom is -0.395 e. The van der Waals surface area contributed by atoms with E-state index in [0.717, 1.165) is 5.56 Å². The molecule has 2 amide bonds. The van der Waals surface area contributed by atoms with E-state index in [9.17, 15) is 9.18 Å². The largest absolute Gasteiger partial charge is 0.395 e. The van der Waals surface area contributed by atoms with Crippen LogP contribution in [-0.2, 0) is 13.1 Å². The lowest BCUT2D eigenvalue weighted by Crippen LogP contribution is -2.40. The van der Waals surface area contributed by atoms with Crippen molar-refractivity contribution in [2.45, 2.75) is 20.0 Å². The molecule has 23 heavy (non-hydrogen) atoms. The van der Waals surface area contributed by atoms with Gasteiger partial charge in [0.05, 0.1) is 6.61 Å². The molecule has 0 unspecified atom stereocenters. The van der Waals surface area contributed by atoms with Crippen LogP contribution in [0.3, 0.4) is 0 Å². The predicted octanol–water partition coefficient (Wildman–Crippen LogP) is 2.84. The number of halogens is 1. The molecule has 0 aromatic heterocycles. The number of benzene rings is 2. The van der Waals surface area contributed by atoms with E-state index in [-0.39, 0.29) is 31.5 Å². The molecule has 0 atom stereocenters. The maximum atomic E-state index is 13.5. The highest BCUT2D eigenvalue weighted by molar-refractivity contribution is 5.74. The van der Waals surface area contributed by atoms with Gasteiger partial charge in [-0.25, -0.2) is 9.18 Å². The summed E-state index contributed by atoms with van der Waals surface area (Å²) in [5.41, 5.74) is 2.26. The van der Waals surface area contributed by atoms with Crippen molar-refractivity contribution in [2.24, 2.45) is 0 Å². The Morgan fingerprint density at radius 1 is 1.17 bits per heavy atom. The monoisotopic (exact) mass is 316 g/mol. The van der Waals surface area contributed by atoms with Crippen LogP contribution in [0.25, 0.3) is 0 Å². The van der Waals surface area contributed by atoms with Gasteiger partial charge >= 0.3 is 6.03 Å². The fourth-order valence-electron chi connectivity index (χ4n) is 2.21. The predicted molar refractivity (Wildman–Crippen MR) is 87.3 cm³/mol. The van der Waals surface area contributed by atoms with Gasteiger partial charge in [-0.3, -0.25) is 0 Å². The van der Waals surface area contributed by atoms with Crippen molar-refractivity contribution in [3.63, 3.8) is 0 Å². The molecule has 0 spiro atoms. The molecule has 122 valence electrons. The summed E-state index contributed by atoms with van der Waals surface area (Å²) in [6, 6.07) is 14.2. The summed E-state index contributed by atoms with van der Waals surface area (Å²) in [6.07, 6.45) is 0. The number of carbonyl (C=O) groups is 1. The van der Waals surface area contributed by atoms with E-state index >= 15 is 0 Å². The SMILES string of the molecule is Cc1ccc(CNC(=O)N(CCO)Cc2ccccc2)cc1F. The second kappa shape index (κ2) is 8.29. The third kappa shape index (κ3) is 5.07. The molecule has 2 aromatic rings. The van der Waals surface area contributed by atoms with E-state index in [2.05, 4.69) is 5.32 Å². The van der Waals surface area contributed by atoms with Gasteiger partial charge in [0.1, 0.15) is 5.82 Å². The molecule has 0 aliphatic heterocycles. The van der Waals surface area contributed by atoms with Crippen molar-refractivity contribution in [1.82, 2.24) is 10.2 Å². The number of aryl methyl sites for hydroxylation is 1. The van der Waals surface area contributed by atoms with Crippen molar-refractivity contribution in [1.29, 1.82) is 0 Å². The Kier molecular flexibility index (Phi) is 6.11. The topological polar surface area (TPSA) is 52.6 Å². The zero-order valence-corrected chi connectivity index (χ0v) is 13.1. The lowest BCUT2D eigenvalue weighted by Gasteiger charge is -2.22. The van der Waals surface area contributed by atoms with Crippen molar-refractivity contribution >= 4 is 6.03 Å². The third-order valence-electron chi connectivity index (χ3n) is 3.55. The van der Waals surface area contributed by atoms with Crippen LogP contribution >= 0.6 is 0 Å². The summed E-state index contributed by atoms with van der Waals surface area (Å²) < 4.78 is 13.5. The second-order valence-corrected chi connectivity index (χ2v) is 5.37. The molecular weight excluding hydrogens is 295 g/mol. The minimum absolute atomic E-state index is 0.112. The number of aliphatic hydroxyl groups is 1. The van der Waals surface area contributed by atoms with Crippen LogP contribution in [0.15, 0.2) is 48.5 Å². The summed E-state index contributed by atoms with van der Waals surface area (Å²) in [4.78, 5) is 13.8.